The zero-order valence-electron chi connectivity index (χ0n) is 11.5. The summed E-state index contributed by atoms with van der Waals surface area (Å²) in [7, 11) is -4.85. The molecule has 0 fully saturated rings. The third-order valence-corrected chi connectivity index (χ3v) is 6.05. The first kappa shape index (κ1) is 18.1. The van der Waals surface area contributed by atoms with Crippen molar-refractivity contribution in [2.45, 2.75) is 23.5 Å². The predicted octanol–water partition coefficient (Wildman–Crippen LogP) is 1.47. The van der Waals surface area contributed by atoms with Crippen molar-refractivity contribution in [1.29, 1.82) is 0 Å². The van der Waals surface area contributed by atoms with Crippen molar-refractivity contribution >= 4 is 38.4 Å². The van der Waals surface area contributed by atoms with E-state index in [2.05, 4.69) is 4.72 Å². The van der Waals surface area contributed by atoms with E-state index < -0.39 is 26.8 Å². The average Bonchev–Trinajstić information content (AvgIpc) is 2.38. The molecule has 118 valence electrons. The molecule has 1 rings (SSSR count). The highest BCUT2D eigenvalue weighted by atomic mass is 35.5. The van der Waals surface area contributed by atoms with E-state index in [-0.39, 0.29) is 27.3 Å². The van der Waals surface area contributed by atoms with Crippen molar-refractivity contribution < 1.29 is 22.5 Å². The van der Waals surface area contributed by atoms with Crippen LogP contribution in [0.2, 0.25) is 5.02 Å². The highest BCUT2D eigenvalue weighted by Gasteiger charge is 2.18. The molecule has 0 spiro atoms. The number of carboxylic acids is 1. The molecule has 0 saturated carbocycles. The molecule has 0 amide bonds. The fourth-order valence-electron chi connectivity index (χ4n) is 1.48. The molecule has 0 aliphatic heterocycles. The minimum atomic E-state index is -3.83. The number of halogens is 1. The average molecular weight is 354 g/mol. The number of hydrogen-bond donors (Lipinski definition) is 2. The number of carboxylic acid groups (broad SMARTS) is 1. The van der Waals surface area contributed by atoms with Crippen LogP contribution in [0.15, 0.2) is 23.1 Å². The SMILES string of the molecule is CC(CCNS(=O)(=O)c1ccc(Cl)c(C(=O)O)c1)S(C)=O. The van der Waals surface area contributed by atoms with E-state index in [0.717, 1.165) is 6.07 Å². The van der Waals surface area contributed by atoms with Gasteiger partial charge in [0.1, 0.15) is 0 Å². The van der Waals surface area contributed by atoms with E-state index in [1.807, 2.05) is 0 Å². The summed E-state index contributed by atoms with van der Waals surface area (Å²) in [6, 6.07) is 3.47. The zero-order valence-corrected chi connectivity index (χ0v) is 13.9. The third-order valence-electron chi connectivity index (χ3n) is 2.89. The molecule has 2 unspecified atom stereocenters. The summed E-state index contributed by atoms with van der Waals surface area (Å²) in [5.41, 5.74) is -0.275. The van der Waals surface area contributed by atoms with Crippen molar-refractivity contribution in [3.63, 3.8) is 0 Å². The molecular formula is C12H16ClNO5S2. The van der Waals surface area contributed by atoms with Crippen LogP contribution >= 0.6 is 11.6 Å². The molecule has 0 heterocycles. The highest BCUT2D eigenvalue weighted by molar-refractivity contribution is 7.89. The molecule has 1 aromatic rings. The number of benzene rings is 1. The molecule has 0 aromatic heterocycles. The molecule has 2 N–H and O–H groups in total. The minimum absolute atomic E-state index is 0.0311. The number of aromatic carboxylic acids is 1. The molecule has 6 nitrogen and oxygen atoms in total. The first-order valence-corrected chi connectivity index (χ1v) is 9.48. The van der Waals surface area contributed by atoms with Gasteiger partial charge in [-0.2, -0.15) is 0 Å². The number of nitrogens with one attached hydrogen (secondary N) is 1. The Morgan fingerprint density at radius 1 is 1.48 bits per heavy atom. The summed E-state index contributed by atoms with van der Waals surface area (Å²) in [4.78, 5) is 10.8. The standard InChI is InChI=1S/C12H16ClNO5S2/c1-8(20(2)17)5-6-14-21(18,19)9-3-4-11(13)10(7-9)12(15)16/h3-4,7-8,14H,5-6H2,1-2H3,(H,15,16). The van der Waals surface area contributed by atoms with Crippen LogP contribution in [0.3, 0.4) is 0 Å². The van der Waals surface area contributed by atoms with Gasteiger partial charge in [0.05, 0.1) is 15.5 Å². The molecule has 2 atom stereocenters. The molecule has 0 radical (unpaired) electrons. The lowest BCUT2D eigenvalue weighted by atomic mass is 10.2. The summed E-state index contributed by atoms with van der Waals surface area (Å²) >= 11 is 5.69. The Balaban J connectivity index is 2.86. The first-order valence-electron chi connectivity index (χ1n) is 6.00. The molecule has 0 aliphatic carbocycles. The second kappa shape index (κ2) is 7.35. The van der Waals surface area contributed by atoms with Crippen LogP contribution in [-0.4, -0.2) is 41.8 Å². The second-order valence-corrected chi connectivity index (χ2v) is 8.42. The van der Waals surface area contributed by atoms with Crippen molar-refractivity contribution in [2.75, 3.05) is 12.8 Å². The monoisotopic (exact) mass is 353 g/mol. The van der Waals surface area contributed by atoms with E-state index in [1.165, 1.54) is 12.1 Å². The number of rotatable bonds is 7. The van der Waals surface area contributed by atoms with Crippen LogP contribution < -0.4 is 4.72 Å². The topological polar surface area (TPSA) is 101 Å². The van der Waals surface area contributed by atoms with E-state index >= 15 is 0 Å². The summed E-state index contributed by atoms with van der Waals surface area (Å²) in [5, 5.41) is 8.77. The molecule has 0 saturated heterocycles. The Morgan fingerprint density at radius 2 is 2.10 bits per heavy atom. The maximum atomic E-state index is 12.0. The van der Waals surface area contributed by atoms with Gasteiger partial charge in [0.15, 0.2) is 0 Å². The molecule has 21 heavy (non-hydrogen) atoms. The van der Waals surface area contributed by atoms with Crippen LogP contribution in [0.5, 0.6) is 0 Å². The second-order valence-electron chi connectivity index (χ2n) is 4.44. The van der Waals surface area contributed by atoms with Crippen molar-refractivity contribution in [3.8, 4) is 0 Å². The Morgan fingerprint density at radius 3 is 2.62 bits per heavy atom. The van der Waals surface area contributed by atoms with Crippen LogP contribution in [0, 0.1) is 0 Å². The Labute approximate surface area is 131 Å². The van der Waals surface area contributed by atoms with Crippen LogP contribution in [0.1, 0.15) is 23.7 Å². The van der Waals surface area contributed by atoms with Gasteiger partial charge in [-0.3, -0.25) is 4.21 Å². The molecule has 9 heteroatoms. The lowest BCUT2D eigenvalue weighted by Gasteiger charge is -2.10. The fourth-order valence-corrected chi connectivity index (χ4v) is 3.20. The molecule has 0 bridgehead atoms. The predicted molar refractivity (Wildman–Crippen MR) is 81.7 cm³/mol. The minimum Gasteiger partial charge on any atom is -0.478 e. The van der Waals surface area contributed by atoms with E-state index in [4.69, 9.17) is 16.7 Å². The van der Waals surface area contributed by atoms with Crippen LogP contribution in [0.4, 0.5) is 0 Å². The van der Waals surface area contributed by atoms with Gasteiger partial charge in [0.2, 0.25) is 10.0 Å². The third kappa shape index (κ3) is 5.06. The van der Waals surface area contributed by atoms with Gasteiger partial charge in [0, 0.05) is 28.9 Å². The van der Waals surface area contributed by atoms with Gasteiger partial charge in [-0.25, -0.2) is 17.9 Å². The highest BCUT2D eigenvalue weighted by Crippen LogP contribution is 2.20. The maximum Gasteiger partial charge on any atom is 0.337 e. The molecule has 1 aromatic carbocycles. The fraction of sp³-hybridized carbons (Fsp3) is 0.417. The van der Waals surface area contributed by atoms with Gasteiger partial charge in [-0.15, -0.1) is 0 Å². The number of hydrogen-bond acceptors (Lipinski definition) is 4. The van der Waals surface area contributed by atoms with Gasteiger partial charge in [-0.1, -0.05) is 18.5 Å². The van der Waals surface area contributed by atoms with Crippen LogP contribution in [0.25, 0.3) is 0 Å². The van der Waals surface area contributed by atoms with Gasteiger partial charge in [0.25, 0.3) is 0 Å². The van der Waals surface area contributed by atoms with E-state index in [1.54, 1.807) is 13.2 Å². The first-order chi connectivity index (χ1) is 9.65. The smallest absolute Gasteiger partial charge is 0.337 e. The van der Waals surface area contributed by atoms with Crippen molar-refractivity contribution in [1.82, 2.24) is 4.72 Å². The summed E-state index contributed by atoms with van der Waals surface area (Å²) in [6.45, 7) is 1.88. The quantitative estimate of drug-likeness (QED) is 0.773. The summed E-state index contributed by atoms with van der Waals surface area (Å²) < 4.78 is 37.6. The zero-order chi connectivity index (χ0) is 16.2. The van der Waals surface area contributed by atoms with E-state index in [0.29, 0.717) is 6.42 Å². The van der Waals surface area contributed by atoms with Gasteiger partial charge < -0.3 is 5.11 Å². The Bertz CT molecular complexity index is 660. The van der Waals surface area contributed by atoms with Gasteiger partial charge in [-0.05, 0) is 24.6 Å². The Kier molecular flexibility index (Phi) is 6.33. The Hall–Kier alpha value is -0.960. The molecular weight excluding hydrogens is 338 g/mol. The molecule has 0 aliphatic rings. The lowest BCUT2D eigenvalue weighted by Crippen LogP contribution is -2.27. The van der Waals surface area contributed by atoms with Crippen LogP contribution in [-0.2, 0) is 20.8 Å². The summed E-state index contributed by atoms with van der Waals surface area (Å²) in [6.07, 6.45) is 1.97. The van der Waals surface area contributed by atoms with E-state index in [9.17, 15) is 17.4 Å². The lowest BCUT2D eigenvalue weighted by molar-refractivity contribution is 0.0697. The van der Waals surface area contributed by atoms with Crippen molar-refractivity contribution in [3.05, 3.63) is 28.8 Å². The number of sulfonamides is 1. The number of carbonyl (C=O) groups is 1. The van der Waals surface area contributed by atoms with Gasteiger partial charge >= 0.3 is 5.97 Å². The largest absolute Gasteiger partial charge is 0.478 e. The summed E-state index contributed by atoms with van der Waals surface area (Å²) in [5.74, 6) is -1.30. The van der Waals surface area contributed by atoms with Crippen molar-refractivity contribution in [2.24, 2.45) is 0 Å². The normalized spacial score (nSPS) is 14.6. The maximum absolute atomic E-state index is 12.0.